The first kappa shape index (κ1) is 10.0. The molecule has 14 heavy (non-hydrogen) atoms. The van der Waals surface area contributed by atoms with E-state index in [1.165, 1.54) is 57.2 Å². The number of nitrogens with zero attached hydrogens (tertiary/aromatic N) is 1. The molecule has 0 aromatic heterocycles. The highest BCUT2D eigenvalue weighted by Gasteiger charge is 2.19. The zero-order chi connectivity index (χ0) is 9.64. The number of amidine groups is 1. The SMILES string of the molecule is C1CCN=C(NCCCC2CC2)CC1. The van der Waals surface area contributed by atoms with Crippen molar-refractivity contribution in [3.05, 3.63) is 0 Å². The van der Waals surface area contributed by atoms with Crippen molar-refractivity contribution in [3.8, 4) is 0 Å². The number of rotatable bonds is 4. The van der Waals surface area contributed by atoms with Crippen LogP contribution in [0.4, 0.5) is 0 Å². The lowest BCUT2D eigenvalue weighted by molar-refractivity contribution is 0.648. The molecule has 1 aliphatic heterocycles. The summed E-state index contributed by atoms with van der Waals surface area (Å²) in [6.45, 7) is 2.19. The van der Waals surface area contributed by atoms with Gasteiger partial charge in [0.25, 0.3) is 0 Å². The van der Waals surface area contributed by atoms with E-state index in [-0.39, 0.29) is 0 Å². The van der Waals surface area contributed by atoms with E-state index in [2.05, 4.69) is 10.3 Å². The first-order valence-electron chi connectivity index (χ1n) is 6.22. The van der Waals surface area contributed by atoms with Crippen molar-refractivity contribution < 1.29 is 0 Å². The van der Waals surface area contributed by atoms with Gasteiger partial charge in [0.15, 0.2) is 0 Å². The maximum absolute atomic E-state index is 4.56. The minimum Gasteiger partial charge on any atom is -0.374 e. The Morgan fingerprint density at radius 3 is 3.00 bits per heavy atom. The molecule has 0 saturated heterocycles. The van der Waals surface area contributed by atoms with Gasteiger partial charge in [0.05, 0.1) is 5.84 Å². The Morgan fingerprint density at radius 2 is 2.14 bits per heavy atom. The molecule has 0 amide bonds. The van der Waals surface area contributed by atoms with E-state index >= 15 is 0 Å². The van der Waals surface area contributed by atoms with Crippen molar-refractivity contribution in [2.24, 2.45) is 10.9 Å². The normalized spacial score (nSPS) is 22.7. The third-order valence-electron chi connectivity index (χ3n) is 3.19. The third kappa shape index (κ3) is 3.69. The smallest absolute Gasteiger partial charge is 0.0963 e. The quantitative estimate of drug-likeness (QED) is 0.684. The molecule has 1 aliphatic carbocycles. The van der Waals surface area contributed by atoms with Crippen LogP contribution in [0.1, 0.15) is 51.4 Å². The molecule has 1 saturated carbocycles. The van der Waals surface area contributed by atoms with E-state index in [4.69, 9.17) is 0 Å². The molecule has 2 heteroatoms. The standard InChI is InChI=1S/C12H22N2/c1-2-6-12(13-9-3-1)14-10-4-5-11-7-8-11/h11H,1-10H2,(H,13,14). The Hall–Kier alpha value is -0.530. The Labute approximate surface area is 87.2 Å². The van der Waals surface area contributed by atoms with Crippen LogP contribution in [0.25, 0.3) is 0 Å². The molecule has 2 nitrogen and oxygen atoms in total. The largest absolute Gasteiger partial charge is 0.374 e. The molecule has 1 N–H and O–H groups in total. The molecule has 0 aromatic rings. The lowest BCUT2D eigenvalue weighted by Gasteiger charge is -2.07. The van der Waals surface area contributed by atoms with E-state index in [1.807, 2.05) is 0 Å². The number of hydrogen-bond donors (Lipinski definition) is 1. The van der Waals surface area contributed by atoms with E-state index in [9.17, 15) is 0 Å². The van der Waals surface area contributed by atoms with Gasteiger partial charge in [0.1, 0.15) is 0 Å². The summed E-state index contributed by atoms with van der Waals surface area (Å²) in [7, 11) is 0. The fourth-order valence-corrected chi connectivity index (χ4v) is 2.05. The van der Waals surface area contributed by atoms with Gasteiger partial charge in [-0.15, -0.1) is 0 Å². The molecule has 2 rings (SSSR count). The third-order valence-corrected chi connectivity index (χ3v) is 3.19. The van der Waals surface area contributed by atoms with Gasteiger partial charge in [-0.1, -0.05) is 19.3 Å². The summed E-state index contributed by atoms with van der Waals surface area (Å²) in [6, 6.07) is 0. The Bertz CT molecular complexity index is 194. The molecule has 0 spiro atoms. The molecule has 1 fully saturated rings. The topological polar surface area (TPSA) is 24.4 Å². The monoisotopic (exact) mass is 194 g/mol. The van der Waals surface area contributed by atoms with Gasteiger partial charge in [0.2, 0.25) is 0 Å². The van der Waals surface area contributed by atoms with Gasteiger partial charge in [-0.2, -0.15) is 0 Å². The zero-order valence-corrected chi connectivity index (χ0v) is 9.10. The van der Waals surface area contributed by atoms with E-state index in [0.717, 1.165) is 19.0 Å². The Balaban J connectivity index is 1.55. The van der Waals surface area contributed by atoms with Crippen molar-refractivity contribution in [2.75, 3.05) is 13.1 Å². The van der Waals surface area contributed by atoms with Gasteiger partial charge in [-0.3, -0.25) is 4.99 Å². The molecule has 0 aromatic carbocycles. The zero-order valence-electron chi connectivity index (χ0n) is 9.10. The molecule has 1 heterocycles. The number of nitrogens with one attached hydrogen (secondary N) is 1. The first-order chi connectivity index (χ1) is 6.95. The second kappa shape index (κ2) is 5.38. The van der Waals surface area contributed by atoms with Crippen LogP contribution in [0.3, 0.4) is 0 Å². The summed E-state index contributed by atoms with van der Waals surface area (Å²) < 4.78 is 0. The molecule has 0 atom stereocenters. The van der Waals surface area contributed by atoms with Gasteiger partial charge in [0, 0.05) is 19.5 Å². The Morgan fingerprint density at radius 1 is 1.21 bits per heavy atom. The van der Waals surface area contributed by atoms with Crippen molar-refractivity contribution >= 4 is 5.84 Å². The second-order valence-electron chi connectivity index (χ2n) is 4.65. The van der Waals surface area contributed by atoms with Crippen LogP contribution in [-0.2, 0) is 0 Å². The van der Waals surface area contributed by atoms with E-state index in [0.29, 0.717) is 0 Å². The summed E-state index contributed by atoms with van der Waals surface area (Å²) in [4.78, 5) is 4.56. The average Bonchev–Trinajstić information content (AvgIpc) is 3.01. The fourth-order valence-electron chi connectivity index (χ4n) is 2.05. The summed E-state index contributed by atoms with van der Waals surface area (Å²) in [5, 5.41) is 3.49. The summed E-state index contributed by atoms with van der Waals surface area (Å²) in [5.41, 5.74) is 0. The molecule has 0 bridgehead atoms. The van der Waals surface area contributed by atoms with Crippen LogP contribution < -0.4 is 5.32 Å². The van der Waals surface area contributed by atoms with Crippen LogP contribution in [-0.4, -0.2) is 18.9 Å². The van der Waals surface area contributed by atoms with Gasteiger partial charge in [-0.25, -0.2) is 0 Å². The van der Waals surface area contributed by atoms with Crippen molar-refractivity contribution in [1.29, 1.82) is 0 Å². The fraction of sp³-hybridized carbons (Fsp3) is 0.917. The predicted octanol–water partition coefficient (Wildman–Crippen LogP) is 2.74. The highest BCUT2D eigenvalue weighted by atomic mass is 15.0. The predicted molar refractivity (Wildman–Crippen MR) is 60.7 cm³/mol. The van der Waals surface area contributed by atoms with Crippen LogP contribution in [0.2, 0.25) is 0 Å². The van der Waals surface area contributed by atoms with Crippen LogP contribution >= 0.6 is 0 Å². The van der Waals surface area contributed by atoms with Gasteiger partial charge < -0.3 is 5.32 Å². The lowest BCUT2D eigenvalue weighted by atomic mass is 10.2. The number of aliphatic imine (C=N–C) groups is 1. The minimum absolute atomic E-state index is 1.05. The average molecular weight is 194 g/mol. The lowest BCUT2D eigenvalue weighted by Crippen LogP contribution is -2.24. The highest BCUT2D eigenvalue weighted by molar-refractivity contribution is 5.82. The van der Waals surface area contributed by atoms with Crippen LogP contribution in [0, 0.1) is 5.92 Å². The maximum Gasteiger partial charge on any atom is 0.0963 e. The van der Waals surface area contributed by atoms with Crippen molar-refractivity contribution in [2.45, 2.75) is 51.4 Å². The Kier molecular flexibility index (Phi) is 3.84. The molecule has 0 radical (unpaired) electrons. The molecule has 2 aliphatic rings. The molecule has 80 valence electrons. The van der Waals surface area contributed by atoms with E-state index < -0.39 is 0 Å². The highest BCUT2D eigenvalue weighted by Crippen LogP contribution is 2.33. The number of hydrogen-bond acceptors (Lipinski definition) is 2. The minimum atomic E-state index is 1.05. The summed E-state index contributed by atoms with van der Waals surface area (Å²) >= 11 is 0. The van der Waals surface area contributed by atoms with Crippen LogP contribution in [0.5, 0.6) is 0 Å². The summed E-state index contributed by atoms with van der Waals surface area (Å²) in [5.74, 6) is 2.35. The van der Waals surface area contributed by atoms with Gasteiger partial charge >= 0.3 is 0 Å². The molecular formula is C12H22N2. The summed E-state index contributed by atoms with van der Waals surface area (Å²) in [6.07, 6.45) is 10.9. The van der Waals surface area contributed by atoms with E-state index in [1.54, 1.807) is 0 Å². The van der Waals surface area contributed by atoms with Crippen molar-refractivity contribution in [3.63, 3.8) is 0 Å². The first-order valence-corrected chi connectivity index (χ1v) is 6.22. The second-order valence-corrected chi connectivity index (χ2v) is 4.65. The molecular weight excluding hydrogens is 172 g/mol. The van der Waals surface area contributed by atoms with Crippen molar-refractivity contribution in [1.82, 2.24) is 5.32 Å². The van der Waals surface area contributed by atoms with Crippen LogP contribution in [0.15, 0.2) is 4.99 Å². The molecule has 0 unspecified atom stereocenters. The maximum atomic E-state index is 4.56. The van der Waals surface area contributed by atoms with Gasteiger partial charge in [-0.05, 0) is 31.6 Å².